The van der Waals surface area contributed by atoms with Crippen LogP contribution < -0.4 is 4.74 Å². The second-order valence-electron chi connectivity index (χ2n) is 4.79. The van der Waals surface area contributed by atoms with E-state index in [0.717, 1.165) is 21.6 Å². The summed E-state index contributed by atoms with van der Waals surface area (Å²) in [5.41, 5.74) is 0.922. The normalized spacial score (nSPS) is 10.7. The van der Waals surface area contributed by atoms with Gasteiger partial charge in [0.1, 0.15) is 17.2 Å². The minimum absolute atomic E-state index is 0.351. The monoisotopic (exact) mass is 298 g/mol. The summed E-state index contributed by atoms with van der Waals surface area (Å²) in [5, 5.41) is 11.3. The van der Waals surface area contributed by atoms with Gasteiger partial charge in [-0.3, -0.25) is 0 Å². The van der Waals surface area contributed by atoms with Gasteiger partial charge in [-0.2, -0.15) is 0 Å². The fourth-order valence-electron chi connectivity index (χ4n) is 2.19. The van der Waals surface area contributed by atoms with E-state index in [0.29, 0.717) is 11.5 Å². The van der Waals surface area contributed by atoms with Gasteiger partial charge in [0.05, 0.1) is 0 Å². The van der Waals surface area contributed by atoms with Gasteiger partial charge < -0.3 is 9.84 Å². The third kappa shape index (κ3) is 2.90. The quantitative estimate of drug-likeness (QED) is 0.772. The Labute approximate surface area is 126 Å². The maximum atomic E-state index is 11.0. The first-order valence-corrected chi connectivity index (χ1v) is 7.39. The second-order valence-corrected chi connectivity index (χ2v) is 6.05. The lowest BCUT2D eigenvalue weighted by Gasteiger charge is -2.07. The Kier molecular flexibility index (Phi) is 3.62. The molecule has 1 heterocycles. The molecule has 0 unspecified atom stereocenters. The van der Waals surface area contributed by atoms with Crippen molar-refractivity contribution < 1.29 is 14.6 Å². The fourth-order valence-corrected chi connectivity index (χ4v) is 3.05. The van der Waals surface area contributed by atoms with Gasteiger partial charge in [-0.15, -0.1) is 11.3 Å². The van der Waals surface area contributed by atoms with E-state index >= 15 is 0 Å². The van der Waals surface area contributed by atoms with Gasteiger partial charge >= 0.3 is 5.97 Å². The zero-order valence-corrected chi connectivity index (χ0v) is 12.3. The maximum Gasteiger partial charge on any atom is 0.345 e. The van der Waals surface area contributed by atoms with Crippen molar-refractivity contribution in [2.24, 2.45) is 0 Å². The van der Waals surface area contributed by atoms with Gasteiger partial charge in [-0.05, 0) is 35.9 Å². The lowest BCUT2D eigenvalue weighted by Crippen LogP contribution is -1.96. The first-order valence-electron chi connectivity index (χ1n) is 6.58. The molecule has 21 heavy (non-hydrogen) atoms. The molecule has 0 amide bonds. The number of aryl methyl sites for hydroxylation is 1. The number of benzene rings is 2. The Morgan fingerprint density at radius 2 is 1.90 bits per heavy atom. The highest BCUT2D eigenvalue weighted by atomic mass is 32.1. The summed E-state index contributed by atoms with van der Waals surface area (Å²) in [6.07, 6.45) is 0. The molecule has 3 rings (SSSR count). The average Bonchev–Trinajstić information content (AvgIpc) is 2.86. The highest BCUT2D eigenvalue weighted by Crippen LogP contribution is 2.25. The second kappa shape index (κ2) is 5.58. The minimum atomic E-state index is -0.889. The van der Waals surface area contributed by atoms with Crippen LogP contribution in [-0.4, -0.2) is 11.1 Å². The number of thiophene rings is 1. The van der Waals surface area contributed by atoms with Crippen molar-refractivity contribution in [1.82, 2.24) is 0 Å². The molecule has 0 saturated heterocycles. The molecule has 3 nitrogen and oxygen atoms in total. The van der Waals surface area contributed by atoms with Crippen molar-refractivity contribution >= 4 is 28.1 Å². The van der Waals surface area contributed by atoms with Crippen LogP contribution in [0.15, 0.2) is 48.5 Å². The van der Waals surface area contributed by atoms with Crippen LogP contribution in [0.3, 0.4) is 0 Å². The predicted octanol–water partition coefficient (Wildman–Crippen LogP) is 4.49. The van der Waals surface area contributed by atoms with Crippen LogP contribution in [0, 0.1) is 6.92 Å². The maximum absolute atomic E-state index is 11.0. The molecule has 1 aromatic heterocycles. The number of rotatable bonds is 4. The average molecular weight is 298 g/mol. The van der Waals surface area contributed by atoms with Crippen LogP contribution in [0.4, 0.5) is 0 Å². The van der Waals surface area contributed by atoms with Crippen LogP contribution >= 0.6 is 11.3 Å². The van der Waals surface area contributed by atoms with Crippen LogP contribution in [0.1, 0.15) is 20.1 Å². The minimum Gasteiger partial charge on any atom is -0.489 e. The summed E-state index contributed by atoms with van der Waals surface area (Å²) in [4.78, 5) is 12.3. The van der Waals surface area contributed by atoms with Crippen LogP contribution in [0.2, 0.25) is 0 Å². The summed E-state index contributed by atoms with van der Waals surface area (Å²) < 4.78 is 5.79. The molecule has 0 bridgehead atoms. The Balaban J connectivity index is 1.78. The zero-order chi connectivity index (χ0) is 14.8. The van der Waals surface area contributed by atoms with Crippen molar-refractivity contribution in [2.75, 3.05) is 0 Å². The molecule has 3 aromatic rings. The van der Waals surface area contributed by atoms with E-state index in [4.69, 9.17) is 9.84 Å². The van der Waals surface area contributed by atoms with Gasteiger partial charge in [-0.1, -0.05) is 30.3 Å². The Hall–Kier alpha value is -2.33. The summed E-state index contributed by atoms with van der Waals surface area (Å²) in [6.45, 7) is 2.30. The Morgan fingerprint density at radius 3 is 2.62 bits per heavy atom. The third-order valence-electron chi connectivity index (χ3n) is 3.35. The molecular formula is C17H14O3S. The molecule has 0 radical (unpaired) electrons. The predicted molar refractivity (Wildman–Crippen MR) is 84.3 cm³/mol. The van der Waals surface area contributed by atoms with E-state index in [1.807, 2.05) is 43.3 Å². The van der Waals surface area contributed by atoms with Crippen molar-refractivity contribution in [3.8, 4) is 5.75 Å². The van der Waals surface area contributed by atoms with E-state index in [2.05, 4.69) is 6.07 Å². The molecule has 0 spiro atoms. The summed E-state index contributed by atoms with van der Waals surface area (Å²) >= 11 is 1.28. The molecule has 0 saturated carbocycles. The van der Waals surface area contributed by atoms with Gasteiger partial charge in [0.15, 0.2) is 0 Å². The Bertz CT molecular complexity index is 805. The van der Waals surface area contributed by atoms with Crippen molar-refractivity contribution in [3.63, 3.8) is 0 Å². The lowest BCUT2D eigenvalue weighted by molar-refractivity contribution is 0.0702. The van der Waals surface area contributed by atoms with Crippen LogP contribution in [0.25, 0.3) is 10.8 Å². The van der Waals surface area contributed by atoms with Gasteiger partial charge in [0.2, 0.25) is 0 Å². The lowest BCUT2D eigenvalue weighted by atomic mass is 10.1. The number of hydrogen-bond acceptors (Lipinski definition) is 3. The standard InChI is InChI=1S/C17H14O3S/c1-11-14(9-16(21-11)17(18)19)10-20-15-7-6-12-4-2-3-5-13(12)8-15/h2-9H,10H2,1H3,(H,18,19). The van der Waals surface area contributed by atoms with E-state index in [1.54, 1.807) is 6.07 Å². The number of carbonyl (C=O) groups is 1. The van der Waals surface area contributed by atoms with Crippen molar-refractivity contribution in [1.29, 1.82) is 0 Å². The highest BCUT2D eigenvalue weighted by molar-refractivity contribution is 7.14. The number of carboxylic acid groups (broad SMARTS) is 1. The van der Waals surface area contributed by atoms with Gasteiger partial charge in [0.25, 0.3) is 0 Å². The first kappa shape index (κ1) is 13.6. The summed E-state index contributed by atoms with van der Waals surface area (Å²) in [7, 11) is 0. The molecule has 4 heteroatoms. The largest absolute Gasteiger partial charge is 0.489 e. The molecule has 1 N–H and O–H groups in total. The van der Waals surface area contributed by atoms with E-state index < -0.39 is 5.97 Å². The molecule has 0 fully saturated rings. The Morgan fingerprint density at radius 1 is 1.14 bits per heavy atom. The SMILES string of the molecule is Cc1sc(C(=O)O)cc1COc1ccc2ccccc2c1. The molecule has 0 aliphatic carbocycles. The van der Waals surface area contributed by atoms with Crippen LogP contribution in [0.5, 0.6) is 5.75 Å². The molecule has 0 atom stereocenters. The third-order valence-corrected chi connectivity index (χ3v) is 4.43. The van der Waals surface area contributed by atoms with E-state index in [-0.39, 0.29) is 0 Å². The van der Waals surface area contributed by atoms with E-state index in [9.17, 15) is 4.79 Å². The molecule has 0 aliphatic rings. The molecule has 2 aromatic carbocycles. The van der Waals surface area contributed by atoms with Gasteiger partial charge in [0, 0.05) is 10.4 Å². The number of fused-ring (bicyclic) bond motifs is 1. The molecule has 106 valence electrons. The van der Waals surface area contributed by atoms with Crippen molar-refractivity contribution in [3.05, 3.63) is 63.8 Å². The van der Waals surface area contributed by atoms with Crippen LogP contribution in [-0.2, 0) is 6.61 Å². The van der Waals surface area contributed by atoms with Gasteiger partial charge in [-0.25, -0.2) is 4.79 Å². The number of aromatic carboxylic acids is 1. The topological polar surface area (TPSA) is 46.5 Å². The summed E-state index contributed by atoms with van der Waals surface area (Å²) in [6, 6.07) is 15.7. The van der Waals surface area contributed by atoms with E-state index in [1.165, 1.54) is 16.7 Å². The zero-order valence-electron chi connectivity index (χ0n) is 11.5. The number of carboxylic acids is 1. The molecule has 0 aliphatic heterocycles. The first-order chi connectivity index (χ1) is 10.1. The van der Waals surface area contributed by atoms with Crippen molar-refractivity contribution in [2.45, 2.75) is 13.5 Å². The highest BCUT2D eigenvalue weighted by Gasteiger charge is 2.11. The number of hydrogen-bond donors (Lipinski definition) is 1. The number of ether oxygens (including phenoxy) is 1. The fraction of sp³-hybridized carbons (Fsp3) is 0.118. The smallest absolute Gasteiger partial charge is 0.345 e. The molecular weight excluding hydrogens is 284 g/mol. The summed E-state index contributed by atoms with van der Waals surface area (Å²) in [5.74, 6) is -0.101.